The minimum absolute atomic E-state index is 0.0337. The molecule has 0 saturated carbocycles. The first-order chi connectivity index (χ1) is 13.7. The second-order valence-corrected chi connectivity index (χ2v) is 8.80. The third-order valence-corrected chi connectivity index (χ3v) is 6.82. The summed E-state index contributed by atoms with van der Waals surface area (Å²) in [6, 6.07) is 14.8. The molecule has 0 saturated heterocycles. The predicted molar refractivity (Wildman–Crippen MR) is 117 cm³/mol. The van der Waals surface area contributed by atoms with E-state index in [-0.39, 0.29) is 11.6 Å². The van der Waals surface area contributed by atoms with Crippen molar-refractivity contribution in [2.24, 2.45) is 0 Å². The van der Waals surface area contributed by atoms with Crippen LogP contribution >= 0.6 is 22.7 Å². The molecule has 3 aromatic heterocycles. The quantitative estimate of drug-likeness (QED) is 0.456. The van der Waals surface area contributed by atoms with E-state index in [1.54, 1.807) is 28.0 Å². The van der Waals surface area contributed by atoms with Crippen LogP contribution in [0.4, 0.5) is 0 Å². The number of aromatic nitrogens is 2. The Morgan fingerprint density at radius 3 is 2.61 bits per heavy atom. The highest BCUT2D eigenvalue weighted by molar-refractivity contribution is 7.15. The van der Waals surface area contributed by atoms with E-state index in [2.05, 4.69) is 65.9 Å². The van der Waals surface area contributed by atoms with Crippen molar-refractivity contribution in [2.45, 2.75) is 38.8 Å². The van der Waals surface area contributed by atoms with Crippen LogP contribution in [-0.4, -0.2) is 9.38 Å². The molecule has 144 valence electrons. The summed E-state index contributed by atoms with van der Waals surface area (Å²) in [5.41, 5.74) is 3.33. The van der Waals surface area contributed by atoms with Crippen LogP contribution in [0.5, 0.6) is 0 Å². The van der Waals surface area contributed by atoms with Crippen molar-refractivity contribution in [1.29, 1.82) is 0 Å². The number of nitrogens with one attached hydrogen (secondary N) is 1. The molecule has 0 amide bonds. The van der Waals surface area contributed by atoms with Crippen molar-refractivity contribution in [3.8, 4) is 0 Å². The SMILES string of the molecule is CC[C@@H](C)c1ccc([C@@H](NCc2cc(=O)n3ccsc3n2)c2cccs2)cc1. The molecule has 0 aliphatic rings. The van der Waals surface area contributed by atoms with E-state index in [4.69, 9.17) is 0 Å². The van der Waals surface area contributed by atoms with Crippen LogP contribution in [0.2, 0.25) is 0 Å². The number of fused-ring (bicyclic) bond motifs is 1. The fraction of sp³-hybridized carbons (Fsp3) is 0.273. The van der Waals surface area contributed by atoms with Gasteiger partial charge in [-0.2, -0.15) is 0 Å². The molecule has 0 bridgehead atoms. The first kappa shape index (κ1) is 19.1. The van der Waals surface area contributed by atoms with Gasteiger partial charge in [0.25, 0.3) is 5.56 Å². The van der Waals surface area contributed by atoms with Gasteiger partial charge in [-0.1, -0.05) is 44.2 Å². The summed E-state index contributed by atoms with van der Waals surface area (Å²) in [7, 11) is 0. The molecule has 2 atom stereocenters. The maximum Gasteiger partial charge on any atom is 0.258 e. The fourth-order valence-corrected chi connectivity index (χ4v) is 4.84. The fourth-order valence-electron chi connectivity index (χ4n) is 3.28. The molecule has 4 aromatic rings. The Bertz CT molecular complexity index is 1100. The van der Waals surface area contributed by atoms with Gasteiger partial charge in [0.2, 0.25) is 0 Å². The van der Waals surface area contributed by atoms with Crippen molar-refractivity contribution in [1.82, 2.24) is 14.7 Å². The Morgan fingerprint density at radius 1 is 1.11 bits per heavy atom. The molecular weight excluding hydrogens is 386 g/mol. The van der Waals surface area contributed by atoms with Gasteiger partial charge in [0.05, 0.1) is 11.7 Å². The summed E-state index contributed by atoms with van der Waals surface area (Å²) in [6.45, 7) is 5.02. The Hall–Kier alpha value is -2.28. The predicted octanol–water partition coefficient (Wildman–Crippen LogP) is 5.21. The van der Waals surface area contributed by atoms with Gasteiger partial charge in [0, 0.05) is 29.1 Å². The van der Waals surface area contributed by atoms with Crippen LogP contribution in [-0.2, 0) is 6.54 Å². The van der Waals surface area contributed by atoms with Crippen LogP contribution in [0.3, 0.4) is 0 Å². The standard InChI is InChI=1S/C22H23N3OS2/c1-3-15(2)16-6-8-17(9-7-16)21(19-5-4-11-27-19)23-14-18-13-20(26)25-10-12-28-22(25)24-18/h4-13,15,21,23H,3,14H2,1-2H3/t15-,21-/m1/s1. The average Bonchev–Trinajstić information content (AvgIpc) is 3.40. The van der Waals surface area contributed by atoms with Crippen LogP contribution in [0.15, 0.2) is 64.2 Å². The number of rotatable bonds is 7. The second-order valence-electron chi connectivity index (χ2n) is 6.95. The van der Waals surface area contributed by atoms with Gasteiger partial charge < -0.3 is 0 Å². The summed E-state index contributed by atoms with van der Waals surface area (Å²) in [5.74, 6) is 0.567. The van der Waals surface area contributed by atoms with Crippen molar-refractivity contribution in [3.63, 3.8) is 0 Å². The number of benzene rings is 1. The van der Waals surface area contributed by atoms with Gasteiger partial charge >= 0.3 is 0 Å². The topological polar surface area (TPSA) is 46.4 Å². The molecule has 4 rings (SSSR count). The summed E-state index contributed by atoms with van der Waals surface area (Å²) in [6.07, 6.45) is 2.90. The van der Waals surface area contributed by atoms with Gasteiger partial charge in [0.1, 0.15) is 0 Å². The van der Waals surface area contributed by atoms with Gasteiger partial charge in [-0.3, -0.25) is 14.5 Å². The maximum atomic E-state index is 12.2. The van der Waals surface area contributed by atoms with E-state index in [1.807, 2.05) is 5.38 Å². The lowest BCUT2D eigenvalue weighted by molar-refractivity contribution is 0.603. The normalized spacial score (nSPS) is 13.6. The molecule has 0 radical (unpaired) electrons. The zero-order valence-electron chi connectivity index (χ0n) is 16.0. The number of hydrogen-bond donors (Lipinski definition) is 1. The summed E-state index contributed by atoms with van der Waals surface area (Å²) >= 11 is 3.21. The highest BCUT2D eigenvalue weighted by Crippen LogP contribution is 2.28. The second kappa shape index (κ2) is 8.39. The van der Waals surface area contributed by atoms with Crippen molar-refractivity contribution < 1.29 is 0 Å². The minimum atomic E-state index is -0.0337. The van der Waals surface area contributed by atoms with E-state index in [0.29, 0.717) is 12.5 Å². The summed E-state index contributed by atoms with van der Waals surface area (Å²) in [4.78, 5) is 18.8. The van der Waals surface area contributed by atoms with Gasteiger partial charge in [-0.15, -0.1) is 22.7 Å². The van der Waals surface area contributed by atoms with Crippen LogP contribution in [0.1, 0.15) is 53.9 Å². The molecular formula is C22H23N3OS2. The first-order valence-electron chi connectivity index (χ1n) is 9.48. The molecule has 0 aliphatic heterocycles. The highest BCUT2D eigenvalue weighted by atomic mass is 32.1. The van der Waals surface area contributed by atoms with E-state index in [1.165, 1.54) is 27.3 Å². The van der Waals surface area contributed by atoms with Gasteiger partial charge in [-0.25, -0.2) is 4.98 Å². The zero-order valence-corrected chi connectivity index (χ0v) is 17.6. The van der Waals surface area contributed by atoms with Crippen LogP contribution < -0.4 is 10.9 Å². The maximum absolute atomic E-state index is 12.2. The van der Waals surface area contributed by atoms with E-state index >= 15 is 0 Å². The van der Waals surface area contributed by atoms with Gasteiger partial charge in [0.15, 0.2) is 4.96 Å². The smallest absolute Gasteiger partial charge is 0.258 e. The van der Waals surface area contributed by atoms with Crippen molar-refractivity contribution in [3.05, 3.63) is 91.5 Å². The minimum Gasteiger partial charge on any atom is -0.300 e. The molecule has 0 fully saturated rings. The number of nitrogens with zero attached hydrogens (tertiary/aromatic N) is 2. The Kier molecular flexibility index (Phi) is 5.71. The molecule has 1 aromatic carbocycles. The zero-order chi connectivity index (χ0) is 19.5. The highest BCUT2D eigenvalue weighted by Gasteiger charge is 2.16. The largest absolute Gasteiger partial charge is 0.300 e. The molecule has 0 unspecified atom stereocenters. The van der Waals surface area contributed by atoms with E-state index in [0.717, 1.165) is 17.1 Å². The Balaban J connectivity index is 1.59. The number of hydrogen-bond acceptors (Lipinski definition) is 5. The summed E-state index contributed by atoms with van der Waals surface area (Å²) < 4.78 is 1.58. The van der Waals surface area contributed by atoms with E-state index < -0.39 is 0 Å². The average molecular weight is 410 g/mol. The number of thiophene rings is 1. The van der Waals surface area contributed by atoms with Crippen molar-refractivity contribution >= 4 is 27.6 Å². The molecule has 0 aliphatic carbocycles. The lowest BCUT2D eigenvalue weighted by Gasteiger charge is -2.19. The molecule has 6 heteroatoms. The summed E-state index contributed by atoms with van der Waals surface area (Å²) in [5, 5.41) is 7.59. The molecule has 1 N–H and O–H groups in total. The lowest BCUT2D eigenvalue weighted by atomic mass is 9.95. The first-order valence-corrected chi connectivity index (χ1v) is 11.2. The Labute approximate surface area is 172 Å². The monoisotopic (exact) mass is 409 g/mol. The molecule has 0 spiro atoms. The van der Waals surface area contributed by atoms with Gasteiger partial charge in [-0.05, 0) is 34.9 Å². The van der Waals surface area contributed by atoms with Crippen LogP contribution in [0.25, 0.3) is 4.96 Å². The molecule has 4 nitrogen and oxygen atoms in total. The third-order valence-electron chi connectivity index (χ3n) is 5.12. The Morgan fingerprint density at radius 2 is 1.89 bits per heavy atom. The van der Waals surface area contributed by atoms with Crippen molar-refractivity contribution in [2.75, 3.05) is 0 Å². The molecule has 3 heterocycles. The number of thiazole rings is 1. The lowest BCUT2D eigenvalue weighted by Crippen LogP contribution is -2.23. The third kappa shape index (κ3) is 3.94. The molecule has 28 heavy (non-hydrogen) atoms. The van der Waals surface area contributed by atoms with Crippen LogP contribution in [0, 0.1) is 0 Å². The van der Waals surface area contributed by atoms with E-state index in [9.17, 15) is 4.79 Å².